The Morgan fingerprint density at radius 1 is 1.00 bits per heavy atom. The summed E-state index contributed by atoms with van der Waals surface area (Å²) in [7, 11) is -2.68. The van der Waals surface area contributed by atoms with Crippen LogP contribution in [0.4, 0.5) is 13.2 Å². The predicted octanol–water partition coefficient (Wildman–Crippen LogP) is 3.62. The summed E-state index contributed by atoms with van der Waals surface area (Å²) >= 11 is 0. The second-order valence-corrected chi connectivity index (χ2v) is 6.23. The van der Waals surface area contributed by atoms with Gasteiger partial charge in [0.15, 0.2) is 0 Å². The molecule has 0 saturated carbocycles. The van der Waals surface area contributed by atoms with Gasteiger partial charge in [0.2, 0.25) is 0 Å². The second kappa shape index (κ2) is 6.49. The van der Waals surface area contributed by atoms with Gasteiger partial charge in [-0.1, -0.05) is 24.3 Å². The van der Waals surface area contributed by atoms with Crippen molar-refractivity contribution in [2.75, 3.05) is 7.11 Å². The van der Waals surface area contributed by atoms with E-state index in [1.165, 1.54) is 31.4 Å². The Morgan fingerprint density at radius 2 is 1.65 bits per heavy atom. The summed E-state index contributed by atoms with van der Waals surface area (Å²) in [5.74, 6) is -0.248. The lowest BCUT2D eigenvalue weighted by Crippen LogP contribution is -2.13. The van der Waals surface area contributed by atoms with E-state index in [1.807, 2.05) is 0 Å². The summed E-state index contributed by atoms with van der Waals surface area (Å²) in [4.78, 5) is 0. The Bertz CT molecular complexity index is 785. The molecule has 0 aliphatic rings. The molecule has 0 N–H and O–H groups in total. The molecule has 0 aliphatic carbocycles. The van der Waals surface area contributed by atoms with Gasteiger partial charge in [0.05, 0.1) is 12.7 Å². The molecule has 0 aromatic heterocycles. The van der Waals surface area contributed by atoms with Crippen molar-refractivity contribution in [1.29, 1.82) is 0 Å². The maximum atomic E-state index is 12.6. The molecule has 2 aromatic carbocycles. The minimum atomic E-state index is -4.53. The van der Waals surface area contributed by atoms with Gasteiger partial charge in [-0.05, 0) is 23.8 Å². The third kappa shape index (κ3) is 4.88. The van der Waals surface area contributed by atoms with Crippen LogP contribution < -0.4 is 8.92 Å². The molecule has 23 heavy (non-hydrogen) atoms. The predicted molar refractivity (Wildman–Crippen MR) is 77.7 cm³/mol. The fourth-order valence-corrected chi connectivity index (χ4v) is 2.91. The normalized spacial score (nSPS) is 12.0. The highest BCUT2D eigenvalue weighted by molar-refractivity contribution is 7.86. The van der Waals surface area contributed by atoms with Gasteiger partial charge in [0.25, 0.3) is 0 Å². The van der Waals surface area contributed by atoms with Crippen LogP contribution >= 0.6 is 0 Å². The molecule has 0 aliphatic heterocycles. The molecule has 2 rings (SSSR count). The molecule has 124 valence electrons. The summed E-state index contributed by atoms with van der Waals surface area (Å²) in [6.07, 6.45) is -4.53. The van der Waals surface area contributed by atoms with Crippen molar-refractivity contribution in [3.63, 3.8) is 0 Å². The minimum Gasteiger partial charge on any atom is -0.497 e. The van der Waals surface area contributed by atoms with Gasteiger partial charge in [-0.2, -0.15) is 21.6 Å². The third-order valence-corrected chi connectivity index (χ3v) is 4.00. The van der Waals surface area contributed by atoms with E-state index in [9.17, 15) is 21.6 Å². The lowest BCUT2D eigenvalue weighted by atomic mass is 10.1. The largest absolute Gasteiger partial charge is 0.497 e. The van der Waals surface area contributed by atoms with Crippen LogP contribution in [0, 0.1) is 0 Å². The van der Waals surface area contributed by atoms with E-state index in [-0.39, 0.29) is 11.3 Å². The molecule has 0 fully saturated rings. The van der Waals surface area contributed by atoms with E-state index in [2.05, 4.69) is 0 Å². The fraction of sp³-hybridized carbons (Fsp3) is 0.200. The van der Waals surface area contributed by atoms with Gasteiger partial charge in [-0.25, -0.2) is 0 Å². The van der Waals surface area contributed by atoms with Gasteiger partial charge >= 0.3 is 16.3 Å². The topological polar surface area (TPSA) is 52.6 Å². The highest BCUT2D eigenvalue weighted by atomic mass is 32.2. The SMILES string of the molecule is COc1cccc(OS(=O)(=O)Cc2cccc(C(F)(F)F)c2)c1. The molecule has 0 saturated heterocycles. The molecular weight excluding hydrogens is 333 g/mol. The fourth-order valence-electron chi connectivity index (χ4n) is 1.87. The third-order valence-electron chi connectivity index (χ3n) is 2.86. The Morgan fingerprint density at radius 3 is 2.30 bits per heavy atom. The number of ether oxygens (including phenoxy) is 1. The van der Waals surface area contributed by atoms with E-state index in [4.69, 9.17) is 8.92 Å². The molecule has 0 amide bonds. The number of rotatable bonds is 5. The molecule has 0 atom stereocenters. The van der Waals surface area contributed by atoms with Gasteiger partial charge < -0.3 is 8.92 Å². The van der Waals surface area contributed by atoms with Crippen molar-refractivity contribution in [2.24, 2.45) is 0 Å². The zero-order valence-corrected chi connectivity index (χ0v) is 12.8. The first-order valence-corrected chi connectivity index (χ1v) is 8.00. The van der Waals surface area contributed by atoms with Crippen molar-refractivity contribution >= 4 is 10.1 Å². The average molecular weight is 346 g/mol. The van der Waals surface area contributed by atoms with Gasteiger partial charge in [0.1, 0.15) is 17.3 Å². The van der Waals surface area contributed by atoms with Crippen LogP contribution in [0.15, 0.2) is 48.5 Å². The summed E-state index contributed by atoms with van der Waals surface area (Å²) in [5, 5.41) is 0. The summed E-state index contributed by atoms with van der Waals surface area (Å²) in [5.41, 5.74) is -0.922. The quantitative estimate of drug-likeness (QED) is 0.776. The number of hydrogen-bond donors (Lipinski definition) is 0. The van der Waals surface area contributed by atoms with Gasteiger partial charge in [0, 0.05) is 6.07 Å². The van der Waals surface area contributed by atoms with Gasteiger partial charge in [-0.15, -0.1) is 0 Å². The van der Waals surface area contributed by atoms with Crippen molar-refractivity contribution in [2.45, 2.75) is 11.9 Å². The smallest absolute Gasteiger partial charge is 0.416 e. The first-order chi connectivity index (χ1) is 10.7. The zero-order chi connectivity index (χ0) is 17.1. The molecule has 0 spiro atoms. The molecular formula is C15H13F3O4S. The zero-order valence-electron chi connectivity index (χ0n) is 12.0. The maximum absolute atomic E-state index is 12.6. The number of hydrogen-bond acceptors (Lipinski definition) is 4. The average Bonchev–Trinajstić information content (AvgIpc) is 2.45. The van der Waals surface area contributed by atoms with Crippen LogP contribution in [0.2, 0.25) is 0 Å². The molecule has 0 radical (unpaired) electrons. The van der Waals surface area contributed by atoms with Crippen molar-refractivity contribution < 1.29 is 30.5 Å². The molecule has 4 nitrogen and oxygen atoms in total. The summed E-state index contributed by atoms with van der Waals surface area (Å²) in [6, 6.07) is 10.0. The Hall–Kier alpha value is -2.22. The second-order valence-electron chi connectivity index (χ2n) is 4.66. The Labute approximate surface area is 131 Å². The standard InChI is InChI=1S/C15H13F3O4S/c1-21-13-6-3-7-14(9-13)22-23(19,20)10-11-4-2-5-12(8-11)15(16,17)18/h2-9H,10H2,1H3. The highest BCUT2D eigenvalue weighted by Crippen LogP contribution is 2.30. The van der Waals surface area contributed by atoms with E-state index in [0.29, 0.717) is 5.75 Å². The van der Waals surface area contributed by atoms with Crippen LogP contribution in [0.3, 0.4) is 0 Å². The van der Waals surface area contributed by atoms with Crippen LogP contribution in [-0.4, -0.2) is 15.5 Å². The van der Waals surface area contributed by atoms with E-state index < -0.39 is 27.6 Å². The van der Waals surface area contributed by atoms with E-state index in [1.54, 1.807) is 6.07 Å². The molecule has 0 unspecified atom stereocenters. The van der Waals surface area contributed by atoms with Crippen LogP contribution in [-0.2, 0) is 22.0 Å². The monoisotopic (exact) mass is 346 g/mol. The summed E-state index contributed by atoms with van der Waals surface area (Å²) in [6.45, 7) is 0. The maximum Gasteiger partial charge on any atom is 0.416 e. The first-order valence-electron chi connectivity index (χ1n) is 6.42. The Balaban J connectivity index is 2.18. The van der Waals surface area contributed by atoms with E-state index >= 15 is 0 Å². The van der Waals surface area contributed by atoms with Crippen molar-refractivity contribution in [1.82, 2.24) is 0 Å². The number of alkyl halides is 3. The highest BCUT2D eigenvalue weighted by Gasteiger charge is 2.30. The number of benzene rings is 2. The van der Waals surface area contributed by atoms with E-state index in [0.717, 1.165) is 18.2 Å². The molecule has 0 bridgehead atoms. The first kappa shape index (κ1) is 17.1. The molecule has 8 heteroatoms. The lowest BCUT2D eigenvalue weighted by Gasteiger charge is -2.10. The summed E-state index contributed by atoms with van der Waals surface area (Å²) < 4.78 is 71.7. The number of methoxy groups -OCH3 is 1. The van der Waals surface area contributed by atoms with Crippen molar-refractivity contribution in [3.05, 3.63) is 59.7 Å². The minimum absolute atomic E-state index is 0.0114. The molecule has 2 aromatic rings. The van der Waals surface area contributed by atoms with Crippen molar-refractivity contribution in [3.8, 4) is 11.5 Å². The van der Waals surface area contributed by atoms with Crippen LogP contribution in [0.5, 0.6) is 11.5 Å². The number of halogens is 3. The lowest BCUT2D eigenvalue weighted by molar-refractivity contribution is -0.137. The Kier molecular flexibility index (Phi) is 4.84. The van der Waals surface area contributed by atoms with Gasteiger partial charge in [-0.3, -0.25) is 0 Å². The molecule has 0 heterocycles. The van der Waals surface area contributed by atoms with Crippen LogP contribution in [0.25, 0.3) is 0 Å². The van der Waals surface area contributed by atoms with Crippen LogP contribution in [0.1, 0.15) is 11.1 Å².